The van der Waals surface area contributed by atoms with Crippen molar-refractivity contribution in [3.8, 4) is 0 Å². The van der Waals surface area contributed by atoms with E-state index in [-0.39, 0.29) is 16.6 Å². The molecule has 0 aromatic heterocycles. The second kappa shape index (κ2) is 4.62. The van der Waals surface area contributed by atoms with Gasteiger partial charge in [-0.3, -0.25) is 4.79 Å². The summed E-state index contributed by atoms with van der Waals surface area (Å²) in [6.45, 7) is 3.44. The van der Waals surface area contributed by atoms with Gasteiger partial charge in [0.15, 0.2) is 0 Å². The Bertz CT molecular complexity index is 411. The van der Waals surface area contributed by atoms with Crippen molar-refractivity contribution in [2.75, 3.05) is 11.5 Å². The Labute approximate surface area is 110 Å². The number of carbonyl (C=O) groups excluding carboxylic acids is 1. The molecule has 0 N–H and O–H groups in total. The molecule has 3 rings (SSSR count). The van der Waals surface area contributed by atoms with Gasteiger partial charge in [-0.25, -0.2) is 8.42 Å². The molecule has 4 heteroatoms. The first-order valence-electron chi connectivity index (χ1n) is 7.05. The Kier molecular flexibility index (Phi) is 3.60. The molecule has 3 nitrogen and oxygen atoms in total. The van der Waals surface area contributed by atoms with Crippen molar-refractivity contribution in [1.82, 2.24) is 0 Å². The van der Waals surface area contributed by atoms with E-state index in [1.807, 2.05) is 0 Å². The van der Waals surface area contributed by atoms with Crippen molar-refractivity contribution in [2.45, 2.75) is 58.8 Å². The van der Waals surface area contributed by atoms with E-state index in [1.54, 1.807) is 13.8 Å². The molecule has 0 amide bonds. The van der Waals surface area contributed by atoms with Crippen molar-refractivity contribution >= 4 is 15.6 Å². The van der Waals surface area contributed by atoms with E-state index in [1.165, 1.54) is 0 Å². The zero-order valence-electron chi connectivity index (χ0n) is 11.5. The lowest BCUT2D eigenvalue weighted by atomic mass is 9.52. The zero-order chi connectivity index (χ0) is 13.4. The van der Waals surface area contributed by atoms with Crippen LogP contribution in [0.3, 0.4) is 0 Å². The Morgan fingerprint density at radius 2 is 1.56 bits per heavy atom. The van der Waals surface area contributed by atoms with Gasteiger partial charge in [-0.15, -0.1) is 0 Å². The number of hydrogen-bond donors (Lipinski definition) is 0. The molecule has 0 heterocycles. The summed E-state index contributed by atoms with van der Waals surface area (Å²) in [6, 6.07) is 0. The summed E-state index contributed by atoms with van der Waals surface area (Å²) in [4.78, 5) is 11.7. The van der Waals surface area contributed by atoms with Gasteiger partial charge in [0.25, 0.3) is 0 Å². The highest BCUT2D eigenvalue weighted by molar-refractivity contribution is 7.91. The third-order valence-electron chi connectivity index (χ3n) is 5.53. The van der Waals surface area contributed by atoms with Gasteiger partial charge in [0, 0.05) is 11.2 Å². The van der Waals surface area contributed by atoms with Crippen molar-refractivity contribution in [3.05, 3.63) is 0 Å². The highest BCUT2D eigenvalue weighted by Gasteiger charge is 2.50. The van der Waals surface area contributed by atoms with Crippen LogP contribution in [0.4, 0.5) is 0 Å². The molecule has 0 unspecified atom stereocenters. The Hall–Kier alpha value is -0.380. The Morgan fingerprint density at radius 3 is 1.94 bits per heavy atom. The molecule has 0 radical (unpaired) electrons. The van der Waals surface area contributed by atoms with E-state index < -0.39 is 9.84 Å². The first-order chi connectivity index (χ1) is 8.33. The van der Waals surface area contributed by atoms with Crippen LogP contribution >= 0.6 is 0 Å². The molecular formula is C14H24O3S. The zero-order valence-corrected chi connectivity index (χ0v) is 12.3. The van der Waals surface area contributed by atoms with Gasteiger partial charge in [-0.1, -0.05) is 6.92 Å². The summed E-state index contributed by atoms with van der Waals surface area (Å²) >= 11 is 0. The fourth-order valence-corrected chi connectivity index (χ4v) is 4.72. The molecule has 3 saturated carbocycles. The minimum absolute atomic E-state index is 0.0502. The number of Topliss-reactive ketones (excluding diaryl/α,β-unsaturated/α-hetero) is 1. The van der Waals surface area contributed by atoms with Crippen LogP contribution < -0.4 is 0 Å². The van der Waals surface area contributed by atoms with Crippen LogP contribution in [0, 0.1) is 10.8 Å². The fraction of sp³-hybridized carbons (Fsp3) is 0.929. The molecular weight excluding hydrogens is 248 g/mol. The van der Waals surface area contributed by atoms with Crippen molar-refractivity contribution in [1.29, 1.82) is 0 Å². The minimum Gasteiger partial charge on any atom is -0.299 e. The first-order valence-corrected chi connectivity index (χ1v) is 8.87. The molecule has 0 atom stereocenters. The average Bonchev–Trinajstić information content (AvgIpc) is 2.39. The highest BCUT2D eigenvalue weighted by Crippen LogP contribution is 2.58. The maximum Gasteiger partial charge on any atom is 0.150 e. The second-order valence-corrected chi connectivity index (χ2v) is 8.80. The largest absolute Gasteiger partial charge is 0.299 e. The lowest BCUT2D eigenvalue weighted by Gasteiger charge is -2.52. The summed E-state index contributed by atoms with van der Waals surface area (Å²) < 4.78 is 23.3. The third kappa shape index (κ3) is 2.49. The fourth-order valence-electron chi connectivity index (χ4n) is 3.68. The van der Waals surface area contributed by atoms with Gasteiger partial charge < -0.3 is 0 Å². The normalized spacial score (nSPS) is 35.7. The second-order valence-electron chi connectivity index (χ2n) is 6.32. The molecule has 0 aromatic rings. The molecule has 18 heavy (non-hydrogen) atoms. The van der Waals surface area contributed by atoms with E-state index in [0.29, 0.717) is 11.5 Å². The molecule has 3 fully saturated rings. The molecule has 0 aliphatic heterocycles. The van der Waals surface area contributed by atoms with E-state index in [0.717, 1.165) is 44.9 Å². The summed E-state index contributed by atoms with van der Waals surface area (Å²) in [5.74, 6) is 0.925. The number of rotatable bonds is 5. The SMILES string of the molecule is CCS(=O)(=O)CCC12CCC(C(C)=O)(CC1)CC2. The van der Waals surface area contributed by atoms with Gasteiger partial charge in [-0.2, -0.15) is 0 Å². The van der Waals surface area contributed by atoms with Crippen LogP contribution in [0.1, 0.15) is 58.8 Å². The van der Waals surface area contributed by atoms with Crippen LogP contribution in [-0.4, -0.2) is 25.7 Å². The summed E-state index contributed by atoms with van der Waals surface area (Å²) in [6.07, 6.45) is 6.89. The summed E-state index contributed by atoms with van der Waals surface area (Å²) in [5, 5.41) is 0. The maximum absolute atomic E-state index is 11.7. The number of ketones is 1. The number of hydrogen-bond acceptors (Lipinski definition) is 3. The van der Waals surface area contributed by atoms with Crippen LogP contribution in [0.5, 0.6) is 0 Å². The molecule has 0 spiro atoms. The standard InChI is InChI=1S/C14H24O3S/c1-3-18(16,17)11-10-13-4-7-14(8-5-13,9-6-13)12(2)15/h3-11H2,1-2H3. The van der Waals surface area contributed by atoms with Gasteiger partial charge in [0.05, 0.1) is 5.75 Å². The predicted molar refractivity (Wildman–Crippen MR) is 72.2 cm³/mol. The van der Waals surface area contributed by atoms with Crippen LogP contribution in [-0.2, 0) is 14.6 Å². The average molecular weight is 272 g/mol. The lowest BCUT2D eigenvalue weighted by molar-refractivity contribution is -0.135. The van der Waals surface area contributed by atoms with Gasteiger partial charge in [-0.05, 0) is 57.3 Å². The summed E-state index contributed by atoms with van der Waals surface area (Å²) in [5.41, 5.74) is 0.171. The molecule has 0 aromatic carbocycles. The molecule has 2 bridgehead atoms. The Morgan fingerprint density at radius 1 is 1.06 bits per heavy atom. The first kappa shape index (κ1) is 14.0. The predicted octanol–water partition coefficient (Wildman–Crippen LogP) is 2.74. The number of sulfone groups is 1. The van der Waals surface area contributed by atoms with E-state index in [4.69, 9.17) is 0 Å². The summed E-state index contributed by atoms with van der Waals surface area (Å²) in [7, 11) is -2.85. The topological polar surface area (TPSA) is 51.2 Å². The molecule has 104 valence electrons. The monoisotopic (exact) mass is 272 g/mol. The van der Waals surface area contributed by atoms with Crippen LogP contribution in [0.15, 0.2) is 0 Å². The van der Waals surface area contributed by atoms with Gasteiger partial charge >= 0.3 is 0 Å². The van der Waals surface area contributed by atoms with E-state index in [2.05, 4.69) is 0 Å². The minimum atomic E-state index is -2.85. The molecule has 3 aliphatic rings. The van der Waals surface area contributed by atoms with E-state index >= 15 is 0 Å². The number of carbonyl (C=O) groups is 1. The molecule has 3 aliphatic carbocycles. The van der Waals surface area contributed by atoms with E-state index in [9.17, 15) is 13.2 Å². The van der Waals surface area contributed by atoms with Crippen molar-refractivity contribution < 1.29 is 13.2 Å². The van der Waals surface area contributed by atoms with Crippen LogP contribution in [0.2, 0.25) is 0 Å². The lowest BCUT2D eigenvalue weighted by Crippen LogP contribution is -2.45. The van der Waals surface area contributed by atoms with Gasteiger partial charge in [0.2, 0.25) is 0 Å². The maximum atomic E-state index is 11.7. The highest BCUT2D eigenvalue weighted by atomic mass is 32.2. The Balaban J connectivity index is 2.00. The van der Waals surface area contributed by atoms with Gasteiger partial charge in [0.1, 0.15) is 15.6 Å². The molecule has 0 saturated heterocycles. The smallest absolute Gasteiger partial charge is 0.150 e. The quantitative estimate of drug-likeness (QED) is 0.773. The number of fused-ring (bicyclic) bond motifs is 3. The van der Waals surface area contributed by atoms with Crippen molar-refractivity contribution in [3.63, 3.8) is 0 Å². The van der Waals surface area contributed by atoms with Crippen LogP contribution in [0.25, 0.3) is 0 Å². The van der Waals surface area contributed by atoms with Crippen molar-refractivity contribution in [2.24, 2.45) is 10.8 Å². The third-order valence-corrected chi connectivity index (χ3v) is 7.24.